The first-order valence-electron chi connectivity index (χ1n) is 7.34. The quantitative estimate of drug-likeness (QED) is 0.797. The SMILES string of the molecule is COc1cccc(CNCCN2CCC(C)CC2)c1. The van der Waals surface area contributed by atoms with E-state index < -0.39 is 0 Å². The Morgan fingerprint density at radius 3 is 2.84 bits per heavy atom. The molecular weight excluding hydrogens is 236 g/mol. The summed E-state index contributed by atoms with van der Waals surface area (Å²) < 4.78 is 5.23. The summed E-state index contributed by atoms with van der Waals surface area (Å²) in [6.07, 6.45) is 2.71. The van der Waals surface area contributed by atoms with Crippen LogP contribution in [-0.4, -0.2) is 38.2 Å². The number of benzene rings is 1. The van der Waals surface area contributed by atoms with Gasteiger partial charge in [-0.05, 0) is 49.5 Å². The maximum Gasteiger partial charge on any atom is 0.119 e. The van der Waals surface area contributed by atoms with E-state index in [0.29, 0.717) is 0 Å². The Kier molecular flexibility index (Phi) is 5.67. The molecule has 0 unspecified atom stereocenters. The number of piperidine rings is 1. The highest BCUT2D eigenvalue weighted by atomic mass is 16.5. The summed E-state index contributed by atoms with van der Waals surface area (Å²) in [5.41, 5.74) is 1.28. The van der Waals surface area contributed by atoms with Crippen molar-refractivity contribution in [2.45, 2.75) is 26.3 Å². The second-order valence-electron chi connectivity index (χ2n) is 5.55. The number of nitrogens with one attached hydrogen (secondary N) is 1. The van der Waals surface area contributed by atoms with Crippen LogP contribution < -0.4 is 10.1 Å². The van der Waals surface area contributed by atoms with Crippen molar-refractivity contribution in [3.8, 4) is 5.75 Å². The third-order valence-corrected chi connectivity index (χ3v) is 3.94. The third kappa shape index (κ3) is 4.84. The van der Waals surface area contributed by atoms with E-state index in [1.807, 2.05) is 12.1 Å². The van der Waals surface area contributed by atoms with E-state index in [1.165, 1.54) is 31.5 Å². The van der Waals surface area contributed by atoms with Gasteiger partial charge in [-0.3, -0.25) is 0 Å². The Hall–Kier alpha value is -1.06. The zero-order valence-electron chi connectivity index (χ0n) is 12.2. The largest absolute Gasteiger partial charge is 0.497 e. The molecule has 1 N–H and O–H groups in total. The van der Waals surface area contributed by atoms with Gasteiger partial charge in [0.1, 0.15) is 5.75 Å². The van der Waals surface area contributed by atoms with Gasteiger partial charge in [0.15, 0.2) is 0 Å². The van der Waals surface area contributed by atoms with Crippen LogP contribution >= 0.6 is 0 Å². The molecule has 1 aliphatic rings. The Morgan fingerprint density at radius 1 is 1.32 bits per heavy atom. The normalized spacial score (nSPS) is 17.6. The minimum atomic E-state index is 0.918. The first-order chi connectivity index (χ1) is 9.28. The van der Waals surface area contributed by atoms with Crippen molar-refractivity contribution >= 4 is 0 Å². The maximum absolute atomic E-state index is 5.23. The molecule has 0 saturated carbocycles. The van der Waals surface area contributed by atoms with Crippen LogP contribution in [0, 0.1) is 5.92 Å². The molecule has 3 nitrogen and oxygen atoms in total. The minimum absolute atomic E-state index is 0.918. The molecule has 1 aromatic rings. The zero-order valence-corrected chi connectivity index (χ0v) is 12.2. The third-order valence-electron chi connectivity index (χ3n) is 3.94. The predicted octanol–water partition coefficient (Wildman–Crippen LogP) is 2.52. The predicted molar refractivity (Wildman–Crippen MR) is 79.5 cm³/mol. The molecule has 19 heavy (non-hydrogen) atoms. The lowest BCUT2D eigenvalue weighted by atomic mass is 9.99. The molecule has 1 aliphatic heterocycles. The summed E-state index contributed by atoms with van der Waals surface area (Å²) in [5.74, 6) is 1.85. The summed E-state index contributed by atoms with van der Waals surface area (Å²) in [4.78, 5) is 2.57. The lowest BCUT2D eigenvalue weighted by Gasteiger charge is -2.30. The molecule has 3 heteroatoms. The van der Waals surface area contributed by atoms with Gasteiger partial charge in [-0.1, -0.05) is 19.1 Å². The molecule has 0 radical (unpaired) electrons. The van der Waals surface area contributed by atoms with E-state index >= 15 is 0 Å². The number of nitrogens with zero attached hydrogens (tertiary/aromatic N) is 1. The highest BCUT2D eigenvalue weighted by molar-refractivity contribution is 5.28. The number of likely N-dealkylation sites (tertiary alicyclic amines) is 1. The van der Waals surface area contributed by atoms with Crippen LogP contribution in [0.5, 0.6) is 5.75 Å². The molecule has 0 atom stereocenters. The van der Waals surface area contributed by atoms with Crippen molar-refractivity contribution < 1.29 is 4.74 Å². The topological polar surface area (TPSA) is 24.5 Å². The van der Waals surface area contributed by atoms with Crippen LogP contribution in [0.15, 0.2) is 24.3 Å². The van der Waals surface area contributed by atoms with Gasteiger partial charge in [0.05, 0.1) is 7.11 Å². The molecule has 0 aliphatic carbocycles. The van der Waals surface area contributed by atoms with Gasteiger partial charge in [-0.25, -0.2) is 0 Å². The van der Waals surface area contributed by atoms with Crippen molar-refractivity contribution in [2.24, 2.45) is 5.92 Å². The van der Waals surface area contributed by atoms with Gasteiger partial charge >= 0.3 is 0 Å². The van der Waals surface area contributed by atoms with E-state index in [2.05, 4.69) is 29.3 Å². The molecular formula is C16H26N2O. The van der Waals surface area contributed by atoms with E-state index in [1.54, 1.807) is 7.11 Å². The van der Waals surface area contributed by atoms with Crippen LogP contribution in [0.1, 0.15) is 25.3 Å². The zero-order chi connectivity index (χ0) is 13.5. The van der Waals surface area contributed by atoms with Crippen molar-refractivity contribution in [1.29, 1.82) is 0 Å². The molecule has 1 saturated heterocycles. The van der Waals surface area contributed by atoms with E-state index in [9.17, 15) is 0 Å². The van der Waals surface area contributed by atoms with Gasteiger partial charge < -0.3 is 15.0 Å². The van der Waals surface area contributed by atoms with E-state index in [0.717, 1.165) is 31.3 Å². The van der Waals surface area contributed by atoms with Crippen LogP contribution in [0.4, 0.5) is 0 Å². The Morgan fingerprint density at radius 2 is 2.11 bits per heavy atom. The van der Waals surface area contributed by atoms with Crippen LogP contribution in [0.3, 0.4) is 0 Å². The van der Waals surface area contributed by atoms with Crippen LogP contribution in [0.2, 0.25) is 0 Å². The second kappa shape index (κ2) is 7.51. The fraction of sp³-hybridized carbons (Fsp3) is 0.625. The summed E-state index contributed by atoms with van der Waals surface area (Å²) in [6, 6.07) is 8.26. The molecule has 0 amide bonds. The van der Waals surface area contributed by atoms with Gasteiger partial charge in [-0.15, -0.1) is 0 Å². The lowest BCUT2D eigenvalue weighted by molar-refractivity contribution is 0.193. The Labute approximate surface area is 116 Å². The first kappa shape index (κ1) is 14.4. The van der Waals surface area contributed by atoms with Crippen molar-refractivity contribution in [3.05, 3.63) is 29.8 Å². The molecule has 1 fully saturated rings. The van der Waals surface area contributed by atoms with Gasteiger partial charge in [0, 0.05) is 19.6 Å². The lowest BCUT2D eigenvalue weighted by Crippen LogP contribution is -2.37. The maximum atomic E-state index is 5.23. The number of ether oxygens (including phenoxy) is 1. The summed E-state index contributed by atoms with van der Waals surface area (Å²) in [6.45, 7) is 8.03. The molecule has 106 valence electrons. The molecule has 1 heterocycles. The highest BCUT2D eigenvalue weighted by Crippen LogP contribution is 2.15. The fourth-order valence-electron chi connectivity index (χ4n) is 2.54. The van der Waals surface area contributed by atoms with Crippen molar-refractivity contribution in [2.75, 3.05) is 33.3 Å². The molecule has 0 aromatic heterocycles. The first-order valence-corrected chi connectivity index (χ1v) is 7.34. The van der Waals surface area contributed by atoms with E-state index in [-0.39, 0.29) is 0 Å². The minimum Gasteiger partial charge on any atom is -0.497 e. The van der Waals surface area contributed by atoms with E-state index in [4.69, 9.17) is 4.74 Å². The Balaban J connectivity index is 1.63. The van der Waals surface area contributed by atoms with Gasteiger partial charge in [0.2, 0.25) is 0 Å². The van der Waals surface area contributed by atoms with Crippen LogP contribution in [0.25, 0.3) is 0 Å². The number of hydrogen-bond donors (Lipinski definition) is 1. The average Bonchev–Trinajstić information content (AvgIpc) is 2.46. The van der Waals surface area contributed by atoms with Crippen molar-refractivity contribution in [3.63, 3.8) is 0 Å². The van der Waals surface area contributed by atoms with Gasteiger partial charge in [0.25, 0.3) is 0 Å². The fourth-order valence-corrected chi connectivity index (χ4v) is 2.54. The highest BCUT2D eigenvalue weighted by Gasteiger charge is 2.14. The smallest absolute Gasteiger partial charge is 0.119 e. The molecule has 1 aromatic carbocycles. The number of methoxy groups -OCH3 is 1. The summed E-state index contributed by atoms with van der Waals surface area (Å²) in [7, 11) is 1.71. The van der Waals surface area contributed by atoms with Crippen LogP contribution in [-0.2, 0) is 6.54 Å². The average molecular weight is 262 g/mol. The van der Waals surface area contributed by atoms with Gasteiger partial charge in [-0.2, -0.15) is 0 Å². The monoisotopic (exact) mass is 262 g/mol. The number of rotatable bonds is 6. The molecule has 0 bridgehead atoms. The summed E-state index contributed by atoms with van der Waals surface area (Å²) >= 11 is 0. The van der Waals surface area contributed by atoms with Crippen molar-refractivity contribution in [1.82, 2.24) is 10.2 Å². The molecule has 2 rings (SSSR count). The standard InChI is InChI=1S/C16H26N2O/c1-14-6-9-18(10-7-14)11-8-17-13-15-4-3-5-16(12-15)19-2/h3-5,12,14,17H,6-11,13H2,1-2H3. The summed E-state index contributed by atoms with van der Waals surface area (Å²) in [5, 5.41) is 3.51. The molecule has 0 spiro atoms. The second-order valence-corrected chi connectivity index (χ2v) is 5.55. The Bertz CT molecular complexity index is 373. The number of hydrogen-bond acceptors (Lipinski definition) is 3.